The van der Waals surface area contributed by atoms with Crippen LogP contribution in [0.15, 0.2) is 83.9 Å². The molecule has 0 spiro atoms. The maximum absolute atomic E-state index is 13.6. The van der Waals surface area contributed by atoms with Crippen LogP contribution in [0.2, 0.25) is 5.02 Å². The van der Waals surface area contributed by atoms with E-state index in [4.69, 9.17) is 16.3 Å². The van der Waals surface area contributed by atoms with Crippen molar-refractivity contribution in [3.05, 3.63) is 106 Å². The summed E-state index contributed by atoms with van der Waals surface area (Å²) in [6.45, 7) is 0.907. The van der Waals surface area contributed by atoms with E-state index >= 15 is 0 Å². The lowest BCUT2D eigenvalue weighted by Crippen LogP contribution is -2.23. The van der Waals surface area contributed by atoms with Crippen molar-refractivity contribution in [3.63, 3.8) is 0 Å². The summed E-state index contributed by atoms with van der Waals surface area (Å²) in [5.74, 6) is 0.744. The third-order valence-corrected chi connectivity index (χ3v) is 5.73. The molecular weight excluding hydrogens is 410 g/mol. The number of para-hydroxylation sites is 2. The van der Waals surface area contributed by atoms with Crippen molar-refractivity contribution in [1.82, 2.24) is 14.1 Å². The molecule has 154 valence electrons. The van der Waals surface area contributed by atoms with Gasteiger partial charge in [0.05, 0.1) is 25.5 Å². The van der Waals surface area contributed by atoms with Crippen LogP contribution >= 0.6 is 11.6 Å². The SMILES string of the molecule is COc1ccccc1Cn1cnc2c3ccccc3n(Cc3cccc(Cl)c3)c2c1=O. The molecule has 0 bridgehead atoms. The van der Waals surface area contributed by atoms with E-state index in [1.54, 1.807) is 18.0 Å². The van der Waals surface area contributed by atoms with Crippen molar-refractivity contribution in [3.8, 4) is 5.75 Å². The molecular formula is C25H20ClN3O2. The molecule has 0 radical (unpaired) electrons. The van der Waals surface area contributed by atoms with Gasteiger partial charge in [0.25, 0.3) is 5.56 Å². The van der Waals surface area contributed by atoms with Crippen molar-refractivity contribution >= 4 is 33.5 Å². The summed E-state index contributed by atoms with van der Waals surface area (Å²) in [5.41, 5.74) is 4.11. The Hall–Kier alpha value is -3.57. The zero-order chi connectivity index (χ0) is 21.4. The van der Waals surface area contributed by atoms with E-state index in [2.05, 4.69) is 4.98 Å². The van der Waals surface area contributed by atoms with Crippen LogP contribution in [-0.4, -0.2) is 21.2 Å². The Morgan fingerprint density at radius 3 is 2.61 bits per heavy atom. The van der Waals surface area contributed by atoms with Gasteiger partial charge in [0.15, 0.2) is 0 Å². The van der Waals surface area contributed by atoms with E-state index in [1.165, 1.54) is 0 Å². The molecule has 0 saturated heterocycles. The highest BCUT2D eigenvalue weighted by atomic mass is 35.5. The largest absolute Gasteiger partial charge is 0.496 e. The molecule has 0 amide bonds. The number of fused-ring (bicyclic) bond motifs is 3. The molecule has 0 aliphatic carbocycles. The summed E-state index contributed by atoms with van der Waals surface area (Å²) in [4.78, 5) is 18.3. The number of rotatable bonds is 5. The van der Waals surface area contributed by atoms with Gasteiger partial charge in [0, 0.05) is 22.5 Å². The summed E-state index contributed by atoms with van der Waals surface area (Å²) in [5, 5.41) is 1.63. The van der Waals surface area contributed by atoms with E-state index in [9.17, 15) is 4.79 Å². The molecule has 0 aliphatic rings. The molecule has 5 rings (SSSR count). The van der Waals surface area contributed by atoms with Gasteiger partial charge in [-0.15, -0.1) is 0 Å². The monoisotopic (exact) mass is 429 g/mol. The fraction of sp³-hybridized carbons (Fsp3) is 0.120. The first-order valence-corrected chi connectivity index (χ1v) is 10.4. The lowest BCUT2D eigenvalue weighted by atomic mass is 10.2. The predicted molar refractivity (Wildman–Crippen MR) is 124 cm³/mol. The Morgan fingerprint density at radius 1 is 0.968 bits per heavy atom. The van der Waals surface area contributed by atoms with E-state index in [1.807, 2.05) is 77.4 Å². The number of hydrogen-bond donors (Lipinski definition) is 0. The Labute approximate surface area is 184 Å². The molecule has 0 fully saturated rings. The maximum atomic E-state index is 13.6. The Balaban J connectivity index is 1.71. The van der Waals surface area contributed by atoms with Gasteiger partial charge < -0.3 is 9.30 Å². The van der Waals surface area contributed by atoms with E-state index in [0.29, 0.717) is 29.1 Å². The van der Waals surface area contributed by atoms with Gasteiger partial charge in [-0.25, -0.2) is 4.98 Å². The molecule has 5 nitrogen and oxygen atoms in total. The number of hydrogen-bond acceptors (Lipinski definition) is 3. The molecule has 2 aromatic heterocycles. The van der Waals surface area contributed by atoms with Crippen molar-refractivity contribution in [2.75, 3.05) is 7.11 Å². The van der Waals surface area contributed by atoms with Crippen LogP contribution in [0.5, 0.6) is 5.75 Å². The molecule has 0 aliphatic heterocycles. The van der Waals surface area contributed by atoms with Gasteiger partial charge in [-0.05, 0) is 29.8 Å². The average Bonchev–Trinajstić information content (AvgIpc) is 3.10. The van der Waals surface area contributed by atoms with E-state index in [0.717, 1.165) is 27.8 Å². The number of aromatic nitrogens is 3. The lowest BCUT2D eigenvalue weighted by Gasteiger charge is -2.11. The third kappa shape index (κ3) is 3.47. The number of nitrogens with zero attached hydrogens (tertiary/aromatic N) is 3. The minimum atomic E-state index is -0.0888. The third-order valence-electron chi connectivity index (χ3n) is 5.50. The molecule has 0 unspecified atom stereocenters. The smallest absolute Gasteiger partial charge is 0.278 e. The van der Waals surface area contributed by atoms with Crippen LogP contribution in [0.4, 0.5) is 0 Å². The zero-order valence-electron chi connectivity index (χ0n) is 17.0. The summed E-state index contributed by atoms with van der Waals surface area (Å²) < 4.78 is 9.12. The molecule has 0 saturated carbocycles. The fourth-order valence-electron chi connectivity index (χ4n) is 4.06. The van der Waals surface area contributed by atoms with E-state index < -0.39 is 0 Å². The number of methoxy groups -OCH3 is 1. The lowest BCUT2D eigenvalue weighted by molar-refractivity contribution is 0.408. The Bertz CT molecular complexity index is 1470. The quantitative estimate of drug-likeness (QED) is 0.390. The van der Waals surface area contributed by atoms with Gasteiger partial charge in [0.1, 0.15) is 16.8 Å². The van der Waals surface area contributed by atoms with Crippen molar-refractivity contribution in [2.24, 2.45) is 0 Å². The molecule has 0 atom stereocenters. The van der Waals surface area contributed by atoms with E-state index in [-0.39, 0.29) is 5.56 Å². The van der Waals surface area contributed by atoms with Crippen molar-refractivity contribution < 1.29 is 4.74 Å². The number of benzene rings is 3. The minimum Gasteiger partial charge on any atom is -0.496 e. The average molecular weight is 430 g/mol. The van der Waals surface area contributed by atoms with Gasteiger partial charge in [-0.3, -0.25) is 9.36 Å². The summed E-state index contributed by atoms with van der Waals surface area (Å²) in [6.07, 6.45) is 1.62. The van der Waals surface area contributed by atoms with Crippen molar-refractivity contribution in [1.29, 1.82) is 0 Å². The maximum Gasteiger partial charge on any atom is 0.278 e. The Morgan fingerprint density at radius 2 is 1.77 bits per heavy atom. The second-order valence-electron chi connectivity index (χ2n) is 7.42. The van der Waals surface area contributed by atoms with Crippen LogP contribution in [-0.2, 0) is 13.1 Å². The Kier molecular flexibility index (Phi) is 4.96. The molecule has 5 aromatic rings. The van der Waals surface area contributed by atoms with Crippen LogP contribution < -0.4 is 10.3 Å². The number of ether oxygens (including phenoxy) is 1. The summed E-state index contributed by atoms with van der Waals surface area (Å²) in [6, 6.07) is 23.4. The van der Waals surface area contributed by atoms with Gasteiger partial charge in [-0.2, -0.15) is 0 Å². The molecule has 31 heavy (non-hydrogen) atoms. The zero-order valence-corrected chi connectivity index (χ0v) is 17.7. The standard InChI is InChI=1S/C25H20ClN3O2/c1-31-22-12-5-2-8-18(22)15-28-16-27-23-20-10-3-4-11-21(20)29(24(23)25(28)30)14-17-7-6-9-19(26)13-17/h2-13,16H,14-15H2,1H3. The normalized spacial score (nSPS) is 11.3. The van der Waals surface area contributed by atoms with Crippen LogP contribution in [0, 0.1) is 0 Å². The molecule has 6 heteroatoms. The second-order valence-corrected chi connectivity index (χ2v) is 7.86. The van der Waals surface area contributed by atoms with Crippen LogP contribution in [0.25, 0.3) is 21.9 Å². The van der Waals surface area contributed by atoms with Crippen molar-refractivity contribution in [2.45, 2.75) is 13.1 Å². The molecule has 0 N–H and O–H groups in total. The summed E-state index contributed by atoms with van der Waals surface area (Å²) >= 11 is 6.20. The summed E-state index contributed by atoms with van der Waals surface area (Å²) in [7, 11) is 1.63. The number of halogens is 1. The van der Waals surface area contributed by atoms with Gasteiger partial charge in [0.2, 0.25) is 0 Å². The minimum absolute atomic E-state index is 0.0888. The highest BCUT2D eigenvalue weighted by Crippen LogP contribution is 2.27. The fourth-order valence-corrected chi connectivity index (χ4v) is 4.27. The predicted octanol–water partition coefficient (Wildman–Crippen LogP) is 5.11. The highest BCUT2D eigenvalue weighted by molar-refractivity contribution is 6.30. The van der Waals surface area contributed by atoms with Gasteiger partial charge >= 0.3 is 0 Å². The first kappa shape index (κ1) is 19.4. The molecule has 3 aromatic carbocycles. The van der Waals surface area contributed by atoms with Crippen LogP contribution in [0.3, 0.4) is 0 Å². The topological polar surface area (TPSA) is 49.0 Å². The second kappa shape index (κ2) is 7.93. The highest BCUT2D eigenvalue weighted by Gasteiger charge is 2.17. The van der Waals surface area contributed by atoms with Gasteiger partial charge in [-0.1, -0.05) is 60.1 Å². The molecule has 2 heterocycles. The first-order valence-electron chi connectivity index (χ1n) is 9.98. The first-order chi connectivity index (χ1) is 15.2. The van der Waals surface area contributed by atoms with Crippen LogP contribution in [0.1, 0.15) is 11.1 Å².